The molecule has 7 heteroatoms. The maximum Gasteiger partial charge on any atom is 0.270 e. The lowest BCUT2D eigenvalue weighted by Crippen LogP contribution is -2.36. The van der Waals surface area contributed by atoms with Gasteiger partial charge in [0.25, 0.3) is 5.91 Å². The smallest absolute Gasteiger partial charge is 0.270 e. The molecule has 3 heterocycles. The number of nitrogens with one attached hydrogen (secondary N) is 1. The largest absolute Gasteiger partial charge is 0.378 e. The van der Waals surface area contributed by atoms with E-state index in [4.69, 9.17) is 4.74 Å². The molecule has 1 unspecified atom stereocenters. The first-order valence-electron chi connectivity index (χ1n) is 9.38. The van der Waals surface area contributed by atoms with E-state index in [0.29, 0.717) is 18.9 Å². The number of benzene rings is 1. The minimum Gasteiger partial charge on any atom is -0.378 e. The van der Waals surface area contributed by atoms with E-state index in [-0.39, 0.29) is 11.9 Å². The summed E-state index contributed by atoms with van der Waals surface area (Å²) in [6.45, 7) is 5.03. The molecule has 1 fully saturated rings. The lowest BCUT2D eigenvalue weighted by atomic mass is 10.1. The monoisotopic (exact) mass is 377 g/mol. The molecule has 0 aliphatic carbocycles. The lowest BCUT2D eigenvalue weighted by Gasteiger charge is -2.28. The zero-order valence-electron chi connectivity index (χ0n) is 15.8. The van der Waals surface area contributed by atoms with Crippen LogP contribution in [0.3, 0.4) is 0 Å². The van der Waals surface area contributed by atoms with Crippen molar-refractivity contribution in [1.29, 1.82) is 0 Å². The molecule has 0 saturated carbocycles. The Morgan fingerprint density at radius 1 is 1.11 bits per heavy atom. The van der Waals surface area contributed by atoms with Crippen molar-refractivity contribution in [2.24, 2.45) is 0 Å². The highest BCUT2D eigenvalue weighted by Crippen LogP contribution is 2.18. The van der Waals surface area contributed by atoms with Crippen molar-refractivity contribution in [1.82, 2.24) is 19.9 Å². The van der Waals surface area contributed by atoms with Gasteiger partial charge < -0.3 is 19.5 Å². The molecule has 1 aliphatic heterocycles. The Labute approximate surface area is 164 Å². The average Bonchev–Trinajstić information content (AvgIpc) is 3.29. The van der Waals surface area contributed by atoms with E-state index < -0.39 is 0 Å². The molecule has 1 aliphatic rings. The topological polar surface area (TPSA) is 72.3 Å². The Bertz CT molecular complexity index is 918. The molecule has 1 amide bonds. The van der Waals surface area contributed by atoms with Crippen LogP contribution in [0.4, 0.5) is 5.69 Å². The molecule has 0 bridgehead atoms. The number of carbonyl (C=O) groups excluding carboxylic acids is 1. The van der Waals surface area contributed by atoms with Crippen molar-refractivity contribution in [3.63, 3.8) is 0 Å². The molecule has 1 N–H and O–H groups in total. The van der Waals surface area contributed by atoms with Gasteiger partial charge in [0, 0.05) is 43.1 Å². The predicted molar refractivity (Wildman–Crippen MR) is 107 cm³/mol. The molecule has 0 spiro atoms. The van der Waals surface area contributed by atoms with Crippen molar-refractivity contribution >= 4 is 11.6 Å². The number of nitrogens with zero attached hydrogens (tertiary/aromatic N) is 4. The Kier molecular flexibility index (Phi) is 5.34. The molecule has 1 saturated heterocycles. The SMILES string of the molecule is CC(NC(=O)c1cc(N2CCOCC2)ccn1)c1ccc(-n2ccnc2)cc1. The van der Waals surface area contributed by atoms with Crippen molar-refractivity contribution < 1.29 is 9.53 Å². The number of imidazole rings is 1. The van der Waals surface area contributed by atoms with Gasteiger partial charge in [0.05, 0.1) is 25.6 Å². The molecule has 28 heavy (non-hydrogen) atoms. The van der Waals surface area contributed by atoms with Gasteiger partial charge in [-0.25, -0.2) is 4.98 Å². The number of hydrogen-bond donors (Lipinski definition) is 1. The predicted octanol–water partition coefficient (Wildman–Crippen LogP) is 2.59. The van der Waals surface area contributed by atoms with Gasteiger partial charge >= 0.3 is 0 Å². The molecular formula is C21H23N5O2. The standard InChI is InChI=1S/C21H23N5O2/c1-16(17-2-4-18(5-3-17)26-9-8-22-15-26)24-21(27)20-14-19(6-7-23-20)25-10-12-28-13-11-25/h2-9,14-16H,10-13H2,1H3,(H,24,27). The fourth-order valence-electron chi connectivity index (χ4n) is 3.26. The van der Waals surface area contributed by atoms with Gasteiger partial charge in [-0.3, -0.25) is 9.78 Å². The van der Waals surface area contributed by atoms with Crippen LogP contribution >= 0.6 is 0 Å². The van der Waals surface area contributed by atoms with Crippen molar-refractivity contribution in [3.8, 4) is 5.69 Å². The summed E-state index contributed by atoms with van der Waals surface area (Å²) in [6, 6.07) is 11.7. The van der Waals surface area contributed by atoms with Crippen LogP contribution in [0, 0.1) is 0 Å². The van der Waals surface area contributed by atoms with Crippen molar-refractivity contribution in [3.05, 3.63) is 72.6 Å². The summed E-state index contributed by atoms with van der Waals surface area (Å²) in [4.78, 5) is 23.2. The second kappa shape index (κ2) is 8.22. The highest BCUT2D eigenvalue weighted by Gasteiger charge is 2.16. The number of rotatable bonds is 5. The minimum absolute atomic E-state index is 0.127. The molecule has 1 atom stereocenters. The first-order chi connectivity index (χ1) is 13.7. The van der Waals surface area contributed by atoms with E-state index in [2.05, 4.69) is 20.2 Å². The van der Waals surface area contributed by atoms with E-state index in [1.54, 1.807) is 18.7 Å². The number of anilines is 1. The van der Waals surface area contributed by atoms with Gasteiger partial charge in [0.2, 0.25) is 0 Å². The zero-order valence-corrected chi connectivity index (χ0v) is 15.8. The fourth-order valence-corrected chi connectivity index (χ4v) is 3.26. The number of aromatic nitrogens is 3. The number of pyridine rings is 1. The van der Waals surface area contributed by atoms with Gasteiger partial charge in [0.15, 0.2) is 0 Å². The minimum atomic E-state index is -0.179. The van der Waals surface area contributed by atoms with Crippen molar-refractivity contribution in [2.45, 2.75) is 13.0 Å². The maximum atomic E-state index is 12.7. The Morgan fingerprint density at radius 2 is 1.89 bits per heavy atom. The summed E-state index contributed by atoms with van der Waals surface area (Å²) in [7, 11) is 0. The van der Waals surface area contributed by atoms with Crippen LogP contribution in [0.1, 0.15) is 29.0 Å². The van der Waals surface area contributed by atoms with E-state index in [9.17, 15) is 4.79 Å². The number of amides is 1. The normalized spacial score (nSPS) is 15.2. The number of hydrogen-bond acceptors (Lipinski definition) is 5. The van der Waals surface area contributed by atoms with Crippen LogP contribution in [0.15, 0.2) is 61.3 Å². The van der Waals surface area contributed by atoms with Gasteiger partial charge in [0.1, 0.15) is 5.69 Å². The zero-order chi connectivity index (χ0) is 19.3. The highest BCUT2D eigenvalue weighted by atomic mass is 16.5. The first-order valence-corrected chi connectivity index (χ1v) is 9.38. The summed E-state index contributed by atoms with van der Waals surface area (Å²) < 4.78 is 7.33. The summed E-state index contributed by atoms with van der Waals surface area (Å²) >= 11 is 0. The maximum absolute atomic E-state index is 12.7. The summed E-state index contributed by atoms with van der Waals surface area (Å²) in [5, 5.41) is 3.03. The van der Waals surface area contributed by atoms with Gasteiger partial charge in [-0.2, -0.15) is 0 Å². The number of morpholine rings is 1. The number of carbonyl (C=O) groups is 1. The summed E-state index contributed by atoms with van der Waals surface area (Å²) in [6.07, 6.45) is 7.08. The van der Waals surface area contributed by atoms with Crippen LogP contribution in [0.25, 0.3) is 5.69 Å². The summed E-state index contributed by atoms with van der Waals surface area (Å²) in [5.41, 5.74) is 3.48. The third-order valence-electron chi connectivity index (χ3n) is 4.90. The fraction of sp³-hybridized carbons (Fsp3) is 0.286. The third-order valence-corrected chi connectivity index (χ3v) is 4.90. The van der Waals surface area contributed by atoms with E-state index in [1.165, 1.54) is 0 Å². The Balaban J connectivity index is 1.43. The molecule has 144 valence electrons. The third kappa shape index (κ3) is 4.04. The Hall–Kier alpha value is -3.19. The highest BCUT2D eigenvalue weighted by molar-refractivity contribution is 5.93. The lowest BCUT2D eigenvalue weighted by molar-refractivity contribution is 0.0935. The van der Waals surface area contributed by atoms with E-state index >= 15 is 0 Å². The first kappa shape index (κ1) is 18.2. The van der Waals surface area contributed by atoms with Crippen LogP contribution in [0.5, 0.6) is 0 Å². The van der Waals surface area contributed by atoms with Crippen molar-refractivity contribution in [2.75, 3.05) is 31.2 Å². The number of ether oxygens (including phenoxy) is 1. The second-order valence-electron chi connectivity index (χ2n) is 6.76. The van der Waals surface area contributed by atoms with Gasteiger partial charge in [-0.15, -0.1) is 0 Å². The van der Waals surface area contributed by atoms with Crippen LogP contribution in [-0.2, 0) is 4.74 Å². The molecule has 3 aromatic rings. The molecule has 2 aromatic heterocycles. The molecule has 7 nitrogen and oxygen atoms in total. The van der Waals surface area contributed by atoms with Crippen LogP contribution in [-0.4, -0.2) is 46.7 Å². The van der Waals surface area contributed by atoms with Crippen LogP contribution < -0.4 is 10.2 Å². The molecule has 1 aromatic carbocycles. The quantitative estimate of drug-likeness (QED) is 0.740. The van der Waals surface area contributed by atoms with Gasteiger partial charge in [-0.05, 0) is 36.8 Å². The van der Waals surface area contributed by atoms with E-state index in [1.807, 2.05) is 54.1 Å². The van der Waals surface area contributed by atoms with E-state index in [0.717, 1.165) is 30.0 Å². The molecular weight excluding hydrogens is 354 g/mol. The summed E-state index contributed by atoms with van der Waals surface area (Å²) in [5.74, 6) is -0.179. The van der Waals surface area contributed by atoms with Gasteiger partial charge in [-0.1, -0.05) is 12.1 Å². The molecule has 0 radical (unpaired) electrons. The Morgan fingerprint density at radius 3 is 2.61 bits per heavy atom. The molecule has 4 rings (SSSR count). The second-order valence-corrected chi connectivity index (χ2v) is 6.76. The average molecular weight is 377 g/mol. The van der Waals surface area contributed by atoms with Crippen LogP contribution in [0.2, 0.25) is 0 Å².